The average Bonchev–Trinajstić information content (AvgIpc) is 2.70. The third kappa shape index (κ3) is 5.47. The molecule has 0 radical (unpaired) electrons. The van der Waals surface area contributed by atoms with E-state index in [1.54, 1.807) is 12.1 Å². The summed E-state index contributed by atoms with van der Waals surface area (Å²) in [7, 11) is 0. The van der Waals surface area contributed by atoms with E-state index in [1.165, 1.54) is 10.6 Å². The monoisotopic (exact) mass is 433 g/mol. The van der Waals surface area contributed by atoms with Gasteiger partial charge in [-0.2, -0.15) is 0 Å². The van der Waals surface area contributed by atoms with Crippen molar-refractivity contribution in [2.24, 2.45) is 5.41 Å². The van der Waals surface area contributed by atoms with Gasteiger partial charge in [0, 0.05) is 29.6 Å². The molecule has 2 aromatic rings. The van der Waals surface area contributed by atoms with E-state index in [0.29, 0.717) is 42.7 Å². The number of aromatic nitrogens is 2. The second kappa shape index (κ2) is 10.2. The van der Waals surface area contributed by atoms with Crippen molar-refractivity contribution in [3.63, 3.8) is 0 Å². The molecule has 1 aliphatic heterocycles. The van der Waals surface area contributed by atoms with E-state index in [1.807, 2.05) is 12.1 Å². The number of halogens is 1. The molecule has 1 aromatic heterocycles. The van der Waals surface area contributed by atoms with E-state index in [-0.39, 0.29) is 24.6 Å². The van der Waals surface area contributed by atoms with Crippen LogP contribution in [0.25, 0.3) is 11.3 Å². The third-order valence-corrected chi connectivity index (χ3v) is 5.60. The van der Waals surface area contributed by atoms with Crippen molar-refractivity contribution in [1.29, 1.82) is 0 Å². The Morgan fingerprint density at radius 3 is 2.63 bits per heavy atom. The topological polar surface area (TPSA) is 93.5 Å². The van der Waals surface area contributed by atoms with Crippen LogP contribution < -0.4 is 10.9 Å². The number of aliphatic hydroxyl groups is 1. The average molecular weight is 434 g/mol. The lowest BCUT2D eigenvalue weighted by Crippen LogP contribution is -2.53. The number of aryl methyl sites for hydroxylation is 1. The molecule has 1 fully saturated rings. The van der Waals surface area contributed by atoms with Gasteiger partial charge in [0.05, 0.1) is 30.9 Å². The maximum atomic E-state index is 12.9. The first-order valence-electron chi connectivity index (χ1n) is 10.3. The predicted octanol–water partition coefficient (Wildman–Crippen LogP) is 2.42. The van der Waals surface area contributed by atoms with Gasteiger partial charge in [-0.25, -0.2) is 4.98 Å². The molecular formula is C22H28ClN3O4. The first-order valence-corrected chi connectivity index (χ1v) is 10.7. The van der Waals surface area contributed by atoms with Crippen molar-refractivity contribution in [3.8, 4) is 11.3 Å². The van der Waals surface area contributed by atoms with E-state index in [0.717, 1.165) is 24.8 Å². The number of carbonyl (C=O) groups excluding carboxylic acids is 1. The Hall–Kier alpha value is -2.22. The van der Waals surface area contributed by atoms with Crippen molar-refractivity contribution in [1.82, 2.24) is 14.9 Å². The molecular weight excluding hydrogens is 406 g/mol. The lowest BCUT2D eigenvalue weighted by Gasteiger charge is -2.39. The van der Waals surface area contributed by atoms with Gasteiger partial charge < -0.3 is 15.2 Å². The van der Waals surface area contributed by atoms with Crippen LogP contribution in [0.4, 0.5) is 0 Å². The number of aliphatic hydroxyl groups excluding tert-OH is 1. The van der Waals surface area contributed by atoms with E-state index in [4.69, 9.17) is 21.3 Å². The molecule has 1 aromatic carbocycles. The molecule has 3 rings (SSSR count). The number of hydrogen-bond acceptors (Lipinski definition) is 5. The zero-order chi connectivity index (χ0) is 21.6. The van der Waals surface area contributed by atoms with Crippen LogP contribution >= 0.6 is 11.6 Å². The Bertz CT molecular complexity index is 917. The molecule has 0 aliphatic carbocycles. The van der Waals surface area contributed by atoms with Crippen LogP contribution in [0.1, 0.15) is 32.0 Å². The Balaban J connectivity index is 1.79. The Morgan fingerprint density at radius 2 is 2.03 bits per heavy atom. The van der Waals surface area contributed by atoms with Crippen LogP contribution in [0.15, 0.2) is 35.1 Å². The Morgan fingerprint density at radius 1 is 1.30 bits per heavy atom. The van der Waals surface area contributed by atoms with Gasteiger partial charge in [0.1, 0.15) is 12.4 Å². The zero-order valence-corrected chi connectivity index (χ0v) is 18.0. The number of benzene rings is 1. The molecule has 0 unspecified atom stereocenters. The van der Waals surface area contributed by atoms with Crippen LogP contribution in [0.5, 0.6) is 0 Å². The molecule has 0 saturated carbocycles. The molecule has 30 heavy (non-hydrogen) atoms. The van der Waals surface area contributed by atoms with Crippen molar-refractivity contribution in [2.45, 2.75) is 39.2 Å². The number of unbranched alkanes of at least 4 members (excludes halogenated alkanes) is 2. The molecule has 162 valence electrons. The number of carbonyl (C=O) groups is 1. The highest BCUT2D eigenvalue weighted by atomic mass is 35.5. The number of nitrogens with one attached hydrogen (secondary N) is 1. The van der Waals surface area contributed by atoms with Crippen LogP contribution in [0, 0.1) is 5.41 Å². The van der Waals surface area contributed by atoms with Gasteiger partial charge in [-0.15, -0.1) is 0 Å². The maximum Gasteiger partial charge on any atom is 0.254 e. The van der Waals surface area contributed by atoms with Crippen LogP contribution in [0.3, 0.4) is 0 Å². The zero-order valence-electron chi connectivity index (χ0n) is 17.2. The summed E-state index contributed by atoms with van der Waals surface area (Å²) in [6.45, 7) is 3.12. The lowest BCUT2D eigenvalue weighted by atomic mass is 9.87. The molecule has 1 amide bonds. The fourth-order valence-electron chi connectivity index (χ4n) is 3.34. The minimum atomic E-state index is -0.415. The maximum absolute atomic E-state index is 12.9. The van der Waals surface area contributed by atoms with E-state index in [2.05, 4.69) is 12.2 Å². The van der Waals surface area contributed by atoms with Gasteiger partial charge in [-0.1, -0.05) is 43.5 Å². The van der Waals surface area contributed by atoms with Gasteiger partial charge in [-0.3, -0.25) is 14.2 Å². The first kappa shape index (κ1) is 22.5. The minimum Gasteiger partial charge on any atom is -0.396 e. The number of ether oxygens (including phenoxy) is 1. The second-order valence-electron chi connectivity index (χ2n) is 7.87. The second-order valence-corrected chi connectivity index (χ2v) is 8.31. The highest BCUT2D eigenvalue weighted by Gasteiger charge is 2.38. The van der Waals surface area contributed by atoms with Gasteiger partial charge >= 0.3 is 0 Å². The number of amides is 1. The van der Waals surface area contributed by atoms with Gasteiger partial charge in [0.25, 0.3) is 5.56 Å². The number of nitrogens with zero attached hydrogens (tertiary/aromatic N) is 2. The largest absolute Gasteiger partial charge is 0.396 e. The van der Waals surface area contributed by atoms with Gasteiger partial charge in [-0.05, 0) is 18.6 Å². The molecule has 2 N–H and O–H groups in total. The Labute approximate surface area is 181 Å². The standard InChI is InChI=1S/C22H28ClN3O4/c1-2-3-4-5-19-25-18(16-6-8-17(23)9-7-16)10-21(29)26(19)11-20(28)24-12-22(13-27)14-30-15-22/h6-10,27H,2-5,11-15H2,1H3,(H,24,28). The lowest BCUT2D eigenvalue weighted by molar-refractivity contribution is -0.141. The minimum absolute atomic E-state index is 0.0488. The normalized spacial score (nSPS) is 14.9. The van der Waals surface area contributed by atoms with Crippen LogP contribution in [0.2, 0.25) is 5.02 Å². The Kier molecular flexibility index (Phi) is 7.64. The van der Waals surface area contributed by atoms with Crippen LogP contribution in [-0.2, 0) is 22.5 Å². The smallest absolute Gasteiger partial charge is 0.254 e. The molecule has 0 atom stereocenters. The summed E-state index contributed by atoms with van der Waals surface area (Å²) in [5.74, 6) is 0.314. The van der Waals surface area contributed by atoms with Crippen molar-refractivity contribution in [3.05, 3.63) is 51.5 Å². The van der Waals surface area contributed by atoms with Crippen molar-refractivity contribution >= 4 is 17.5 Å². The molecule has 1 saturated heterocycles. The molecule has 0 bridgehead atoms. The number of rotatable bonds is 10. The fraction of sp³-hybridized carbons (Fsp3) is 0.500. The summed E-state index contributed by atoms with van der Waals surface area (Å²) < 4.78 is 6.59. The summed E-state index contributed by atoms with van der Waals surface area (Å²) in [6, 6.07) is 8.62. The molecule has 2 heterocycles. The SMILES string of the molecule is CCCCCc1nc(-c2ccc(Cl)cc2)cc(=O)n1CC(=O)NCC1(CO)COC1. The summed E-state index contributed by atoms with van der Waals surface area (Å²) in [4.78, 5) is 30.0. The quantitative estimate of drug-likeness (QED) is 0.561. The van der Waals surface area contributed by atoms with E-state index in [9.17, 15) is 14.7 Å². The van der Waals surface area contributed by atoms with Crippen molar-refractivity contribution in [2.75, 3.05) is 26.4 Å². The third-order valence-electron chi connectivity index (χ3n) is 5.35. The molecule has 8 heteroatoms. The summed E-state index contributed by atoms with van der Waals surface area (Å²) >= 11 is 5.96. The van der Waals surface area contributed by atoms with Crippen molar-refractivity contribution < 1.29 is 14.6 Å². The molecule has 7 nitrogen and oxygen atoms in total. The molecule has 1 aliphatic rings. The van der Waals surface area contributed by atoms with E-state index < -0.39 is 5.41 Å². The summed E-state index contributed by atoms with van der Waals surface area (Å²) in [5, 5.41) is 12.9. The highest BCUT2D eigenvalue weighted by molar-refractivity contribution is 6.30. The summed E-state index contributed by atoms with van der Waals surface area (Å²) in [6.07, 6.45) is 3.57. The fourth-order valence-corrected chi connectivity index (χ4v) is 3.47. The number of hydrogen-bond donors (Lipinski definition) is 2. The van der Waals surface area contributed by atoms with Gasteiger partial charge in [0.15, 0.2) is 0 Å². The predicted molar refractivity (Wildman–Crippen MR) is 116 cm³/mol. The van der Waals surface area contributed by atoms with Crippen LogP contribution in [-0.4, -0.2) is 46.9 Å². The van der Waals surface area contributed by atoms with Gasteiger partial charge in [0.2, 0.25) is 5.91 Å². The first-order chi connectivity index (χ1) is 14.5. The van der Waals surface area contributed by atoms with E-state index >= 15 is 0 Å². The summed E-state index contributed by atoms with van der Waals surface area (Å²) in [5.41, 5.74) is 0.701. The molecule has 0 spiro atoms. The highest BCUT2D eigenvalue weighted by Crippen LogP contribution is 2.25.